The number of hydrogen-bond donors (Lipinski definition) is 0. The molecule has 2 rings (SSSR count). The van der Waals surface area contributed by atoms with E-state index in [9.17, 15) is 4.79 Å². The average Bonchev–Trinajstić information content (AvgIpc) is 2.73. The molecule has 5 heteroatoms. The molecule has 2 aromatic heterocycles. The van der Waals surface area contributed by atoms with Crippen LogP contribution >= 0.6 is 0 Å². The topological polar surface area (TPSA) is 56.5 Å². The van der Waals surface area contributed by atoms with Gasteiger partial charge in [-0.1, -0.05) is 6.08 Å². The van der Waals surface area contributed by atoms with Gasteiger partial charge in [-0.25, -0.2) is 4.98 Å². The molecule has 82 valence electrons. The zero-order valence-electron chi connectivity index (χ0n) is 8.83. The molecule has 0 saturated carbocycles. The Morgan fingerprint density at radius 1 is 1.56 bits per heavy atom. The molecule has 0 bridgehead atoms. The number of carbonyl (C=O) groups excluding carboxylic acids is 1. The van der Waals surface area contributed by atoms with Crippen LogP contribution in [0.5, 0.6) is 0 Å². The number of aromatic nitrogens is 3. The monoisotopic (exact) mass is 217 g/mol. The Kier molecular flexibility index (Phi) is 2.95. The minimum atomic E-state index is -0.258. The molecule has 0 spiro atoms. The fourth-order valence-electron chi connectivity index (χ4n) is 1.34. The Morgan fingerprint density at radius 2 is 2.44 bits per heavy atom. The number of methoxy groups -OCH3 is 1. The summed E-state index contributed by atoms with van der Waals surface area (Å²) in [5, 5.41) is 0. The SMILES string of the molecule is COC(=O)CC=Cc1cnc2cnccn12. The van der Waals surface area contributed by atoms with Crippen LogP contribution in [0.1, 0.15) is 12.1 Å². The van der Waals surface area contributed by atoms with E-state index in [1.54, 1.807) is 24.7 Å². The summed E-state index contributed by atoms with van der Waals surface area (Å²) in [6.07, 6.45) is 10.7. The molecule has 0 atom stereocenters. The Hall–Kier alpha value is -2.17. The third-order valence-electron chi connectivity index (χ3n) is 2.15. The van der Waals surface area contributed by atoms with Gasteiger partial charge in [0.05, 0.1) is 31.6 Å². The van der Waals surface area contributed by atoms with Crippen molar-refractivity contribution in [2.45, 2.75) is 6.42 Å². The number of fused-ring (bicyclic) bond motifs is 1. The molecule has 2 heterocycles. The summed E-state index contributed by atoms with van der Waals surface area (Å²) in [6, 6.07) is 0. The molecule has 16 heavy (non-hydrogen) atoms. The molecule has 0 aromatic carbocycles. The van der Waals surface area contributed by atoms with E-state index < -0.39 is 0 Å². The molecule has 2 aromatic rings. The van der Waals surface area contributed by atoms with Crippen molar-refractivity contribution in [2.24, 2.45) is 0 Å². The van der Waals surface area contributed by atoms with Gasteiger partial charge in [-0.05, 0) is 6.08 Å². The fourth-order valence-corrected chi connectivity index (χ4v) is 1.34. The lowest BCUT2D eigenvalue weighted by Gasteiger charge is -1.95. The number of hydrogen-bond acceptors (Lipinski definition) is 4. The van der Waals surface area contributed by atoms with Crippen molar-refractivity contribution in [3.05, 3.63) is 36.6 Å². The molecule has 0 N–H and O–H groups in total. The lowest BCUT2D eigenvalue weighted by atomic mass is 10.3. The van der Waals surface area contributed by atoms with Crippen LogP contribution in [0.2, 0.25) is 0 Å². The highest BCUT2D eigenvalue weighted by molar-refractivity contribution is 5.72. The summed E-state index contributed by atoms with van der Waals surface area (Å²) in [5.74, 6) is -0.258. The quantitative estimate of drug-likeness (QED) is 0.727. The Bertz CT molecular complexity index is 531. The lowest BCUT2D eigenvalue weighted by molar-refractivity contribution is -0.139. The van der Waals surface area contributed by atoms with E-state index in [4.69, 9.17) is 0 Å². The summed E-state index contributed by atoms with van der Waals surface area (Å²) in [4.78, 5) is 19.0. The molecule has 0 aliphatic carbocycles. The summed E-state index contributed by atoms with van der Waals surface area (Å²) in [7, 11) is 1.37. The molecule has 0 unspecified atom stereocenters. The van der Waals surface area contributed by atoms with E-state index in [1.807, 2.05) is 16.7 Å². The Balaban J connectivity index is 2.18. The fraction of sp³-hybridized carbons (Fsp3) is 0.182. The van der Waals surface area contributed by atoms with Gasteiger partial charge in [0.25, 0.3) is 0 Å². The Morgan fingerprint density at radius 3 is 3.25 bits per heavy atom. The maximum absolute atomic E-state index is 10.9. The van der Waals surface area contributed by atoms with Crippen LogP contribution in [0.3, 0.4) is 0 Å². The first-order valence-electron chi connectivity index (χ1n) is 4.81. The van der Waals surface area contributed by atoms with Gasteiger partial charge in [-0.3, -0.25) is 14.2 Å². The molecule has 0 fully saturated rings. The maximum Gasteiger partial charge on any atom is 0.309 e. The lowest BCUT2D eigenvalue weighted by Crippen LogP contribution is -1.96. The minimum absolute atomic E-state index is 0.258. The molecular weight excluding hydrogens is 206 g/mol. The van der Waals surface area contributed by atoms with Gasteiger partial charge < -0.3 is 4.74 Å². The van der Waals surface area contributed by atoms with Crippen LogP contribution in [0.15, 0.2) is 30.9 Å². The van der Waals surface area contributed by atoms with Crippen molar-refractivity contribution in [1.29, 1.82) is 0 Å². The van der Waals surface area contributed by atoms with Gasteiger partial charge in [0.1, 0.15) is 0 Å². The molecule has 0 aliphatic rings. The van der Waals surface area contributed by atoms with E-state index in [0.29, 0.717) is 0 Å². The smallest absolute Gasteiger partial charge is 0.309 e. The maximum atomic E-state index is 10.9. The number of nitrogens with zero attached hydrogens (tertiary/aromatic N) is 3. The standard InChI is InChI=1S/C11H11N3O2/c1-16-11(15)4-2-3-9-7-13-10-8-12-5-6-14(9)10/h2-3,5-8H,4H2,1H3. The third-order valence-corrected chi connectivity index (χ3v) is 2.15. The predicted octanol–water partition coefficient (Wildman–Crippen LogP) is 1.31. The second-order valence-corrected chi connectivity index (χ2v) is 3.17. The van der Waals surface area contributed by atoms with Crippen molar-refractivity contribution >= 4 is 17.7 Å². The van der Waals surface area contributed by atoms with Crippen molar-refractivity contribution in [1.82, 2.24) is 14.4 Å². The van der Waals surface area contributed by atoms with Gasteiger partial charge >= 0.3 is 5.97 Å². The summed E-state index contributed by atoms with van der Waals surface area (Å²) in [5.41, 5.74) is 1.68. The van der Waals surface area contributed by atoms with Gasteiger partial charge in [-0.15, -0.1) is 0 Å². The van der Waals surface area contributed by atoms with Crippen LogP contribution in [0, 0.1) is 0 Å². The number of ether oxygens (including phenoxy) is 1. The van der Waals surface area contributed by atoms with E-state index in [-0.39, 0.29) is 12.4 Å². The number of esters is 1. The second-order valence-electron chi connectivity index (χ2n) is 3.17. The highest BCUT2D eigenvalue weighted by Crippen LogP contribution is 2.06. The highest BCUT2D eigenvalue weighted by atomic mass is 16.5. The van der Waals surface area contributed by atoms with Gasteiger partial charge in [-0.2, -0.15) is 0 Å². The zero-order chi connectivity index (χ0) is 11.4. The molecule has 5 nitrogen and oxygen atoms in total. The van der Waals surface area contributed by atoms with Crippen molar-refractivity contribution < 1.29 is 9.53 Å². The minimum Gasteiger partial charge on any atom is -0.469 e. The molecule has 0 saturated heterocycles. The number of rotatable bonds is 3. The summed E-state index contributed by atoms with van der Waals surface area (Å²) >= 11 is 0. The van der Waals surface area contributed by atoms with Crippen LogP contribution in [-0.2, 0) is 9.53 Å². The normalized spacial score (nSPS) is 11.1. The van der Waals surface area contributed by atoms with Gasteiger partial charge in [0.2, 0.25) is 0 Å². The number of carbonyl (C=O) groups is 1. The van der Waals surface area contributed by atoms with Crippen molar-refractivity contribution in [3.8, 4) is 0 Å². The second kappa shape index (κ2) is 4.57. The molecular formula is C11H11N3O2. The zero-order valence-corrected chi connectivity index (χ0v) is 8.83. The van der Waals surface area contributed by atoms with E-state index in [1.165, 1.54) is 7.11 Å². The first-order valence-corrected chi connectivity index (χ1v) is 4.81. The predicted molar refractivity (Wildman–Crippen MR) is 58.7 cm³/mol. The van der Waals surface area contributed by atoms with E-state index in [0.717, 1.165) is 11.3 Å². The largest absolute Gasteiger partial charge is 0.469 e. The Labute approximate surface area is 92.4 Å². The first kappa shape index (κ1) is 10.4. The van der Waals surface area contributed by atoms with E-state index in [2.05, 4.69) is 14.7 Å². The van der Waals surface area contributed by atoms with Crippen LogP contribution in [-0.4, -0.2) is 27.4 Å². The van der Waals surface area contributed by atoms with Crippen molar-refractivity contribution in [3.63, 3.8) is 0 Å². The van der Waals surface area contributed by atoms with Crippen LogP contribution in [0.25, 0.3) is 11.7 Å². The average molecular weight is 217 g/mol. The molecule has 0 aliphatic heterocycles. The summed E-state index contributed by atoms with van der Waals surface area (Å²) in [6.45, 7) is 0. The number of imidazole rings is 1. The van der Waals surface area contributed by atoms with Crippen molar-refractivity contribution in [2.75, 3.05) is 7.11 Å². The third kappa shape index (κ3) is 2.08. The van der Waals surface area contributed by atoms with Gasteiger partial charge in [0.15, 0.2) is 5.65 Å². The van der Waals surface area contributed by atoms with E-state index >= 15 is 0 Å². The first-order chi connectivity index (χ1) is 7.81. The molecule has 0 amide bonds. The van der Waals surface area contributed by atoms with Crippen LogP contribution < -0.4 is 0 Å². The summed E-state index contributed by atoms with van der Waals surface area (Å²) < 4.78 is 6.42. The van der Waals surface area contributed by atoms with Crippen LogP contribution in [0.4, 0.5) is 0 Å². The molecule has 0 radical (unpaired) electrons. The van der Waals surface area contributed by atoms with Gasteiger partial charge in [0, 0.05) is 12.4 Å². The highest BCUT2D eigenvalue weighted by Gasteiger charge is 1.99.